The van der Waals surface area contributed by atoms with Crippen LogP contribution in [0.2, 0.25) is 0 Å². The number of para-hydroxylation sites is 1. The van der Waals surface area contributed by atoms with Crippen molar-refractivity contribution in [2.45, 2.75) is 0 Å². The minimum atomic E-state index is 0.368. The molecule has 0 aliphatic rings. The molecule has 0 spiro atoms. The van der Waals surface area contributed by atoms with E-state index in [2.05, 4.69) is 15.0 Å². The average molecular weight is 358 g/mol. The molecule has 27 heavy (non-hydrogen) atoms. The molecule has 6 nitrogen and oxygen atoms in total. The molecule has 0 bridgehead atoms. The van der Waals surface area contributed by atoms with Gasteiger partial charge in [-0.1, -0.05) is 42.5 Å². The first-order chi connectivity index (χ1) is 13.2. The number of aromatic nitrogens is 3. The summed E-state index contributed by atoms with van der Waals surface area (Å²) in [5.41, 5.74) is 10.2. The summed E-state index contributed by atoms with van der Waals surface area (Å²) in [5.74, 6) is 1.62. The lowest BCUT2D eigenvalue weighted by Gasteiger charge is -2.15. The van der Waals surface area contributed by atoms with Crippen molar-refractivity contribution < 1.29 is 9.47 Å². The first-order valence-corrected chi connectivity index (χ1v) is 8.41. The van der Waals surface area contributed by atoms with Crippen molar-refractivity contribution in [3.63, 3.8) is 0 Å². The molecule has 0 atom stereocenters. The largest absolute Gasteiger partial charge is 0.493 e. The quantitative estimate of drug-likeness (QED) is 0.594. The summed E-state index contributed by atoms with van der Waals surface area (Å²) in [6.07, 6.45) is 1.42. The number of nitrogen functional groups attached to an aromatic ring is 1. The third kappa shape index (κ3) is 2.91. The van der Waals surface area contributed by atoms with E-state index in [1.807, 2.05) is 54.6 Å². The van der Waals surface area contributed by atoms with Crippen LogP contribution in [0.4, 0.5) is 5.82 Å². The highest BCUT2D eigenvalue weighted by Crippen LogP contribution is 2.42. The van der Waals surface area contributed by atoms with Crippen LogP contribution in [0.3, 0.4) is 0 Å². The summed E-state index contributed by atoms with van der Waals surface area (Å²) in [6, 6.07) is 17.6. The molecule has 2 N–H and O–H groups in total. The van der Waals surface area contributed by atoms with Gasteiger partial charge in [0.25, 0.3) is 0 Å². The fraction of sp³-hybridized carbons (Fsp3) is 0.0952. The van der Waals surface area contributed by atoms with Crippen molar-refractivity contribution in [3.8, 4) is 33.9 Å². The molecule has 4 aromatic rings. The van der Waals surface area contributed by atoms with Crippen LogP contribution in [0.1, 0.15) is 0 Å². The Hall–Kier alpha value is -3.67. The van der Waals surface area contributed by atoms with E-state index < -0.39 is 0 Å². The Kier molecular flexibility index (Phi) is 4.30. The standard InChI is InChI=1S/C21H18N4O2/c1-26-17-10-6-9-14(19(17)27-2)15-11-16(13-7-4-3-5-8-13)25-21-18(15)20(22)23-12-24-21/h3-12H,1-2H3,(H2,22,23,24,25). The van der Waals surface area contributed by atoms with Gasteiger partial charge in [0, 0.05) is 16.7 Å². The molecule has 0 amide bonds. The van der Waals surface area contributed by atoms with E-state index in [4.69, 9.17) is 15.2 Å². The third-order valence-electron chi connectivity index (χ3n) is 4.40. The molecule has 0 saturated heterocycles. The number of benzene rings is 2. The number of hydrogen-bond acceptors (Lipinski definition) is 6. The van der Waals surface area contributed by atoms with Crippen LogP contribution in [0.25, 0.3) is 33.4 Å². The third-order valence-corrected chi connectivity index (χ3v) is 4.40. The summed E-state index contributed by atoms with van der Waals surface area (Å²) >= 11 is 0. The fourth-order valence-electron chi connectivity index (χ4n) is 3.16. The van der Waals surface area contributed by atoms with Gasteiger partial charge in [0.2, 0.25) is 0 Å². The second-order valence-electron chi connectivity index (χ2n) is 5.92. The van der Waals surface area contributed by atoms with Crippen LogP contribution in [0.5, 0.6) is 11.5 Å². The van der Waals surface area contributed by atoms with Gasteiger partial charge in [-0.05, 0) is 12.1 Å². The first kappa shape index (κ1) is 16.8. The zero-order valence-corrected chi connectivity index (χ0v) is 15.0. The molecular weight excluding hydrogens is 340 g/mol. The van der Waals surface area contributed by atoms with Crippen molar-refractivity contribution >= 4 is 16.9 Å². The molecule has 2 heterocycles. The smallest absolute Gasteiger partial charge is 0.168 e. The van der Waals surface area contributed by atoms with Crippen LogP contribution in [-0.4, -0.2) is 29.2 Å². The highest BCUT2D eigenvalue weighted by molar-refractivity contribution is 6.02. The maximum Gasteiger partial charge on any atom is 0.168 e. The minimum Gasteiger partial charge on any atom is -0.493 e. The number of nitrogens with zero attached hydrogens (tertiary/aromatic N) is 3. The zero-order valence-electron chi connectivity index (χ0n) is 15.0. The van der Waals surface area contributed by atoms with Gasteiger partial charge in [0.05, 0.1) is 25.3 Å². The predicted molar refractivity (Wildman–Crippen MR) is 106 cm³/mol. The number of anilines is 1. The highest BCUT2D eigenvalue weighted by Gasteiger charge is 2.18. The highest BCUT2D eigenvalue weighted by atomic mass is 16.5. The Morgan fingerprint density at radius 2 is 1.67 bits per heavy atom. The number of methoxy groups -OCH3 is 2. The van der Waals surface area contributed by atoms with Crippen LogP contribution in [0, 0.1) is 0 Å². The summed E-state index contributed by atoms with van der Waals surface area (Å²) in [4.78, 5) is 13.2. The Morgan fingerprint density at radius 1 is 0.852 bits per heavy atom. The van der Waals surface area contributed by atoms with Gasteiger partial charge in [-0.2, -0.15) is 0 Å². The maximum atomic E-state index is 6.18. The number of pyridine rings is 1. The van der Waals surface area contributed by atoms with Crippen LogP contribution in [0.15, 0.2) is 60.9 Å². The number of nitrogens with two attached hydrogens (primary N) is 1. The molecule has 2 aromatic carbocycles. The van der Waals surface area contributed by atoms with E-state index in [0.29, 0.717) is 28.4 Å². The van der Waals surface area contributed by atoms with Gasteiger partial charge < -0.3 is 15.2 Å². The number of rotatable bonds is 4. The van der Waals surface area contributed by atoms with E-state index in [1.165, 1.54) is 6.33 Å². The second kappa shape index (κ2) is 6.92. The Morgan fingerprint density at radius 3 is 2.41 bits per heavy atom. The topological polar surface area (TPSA) is 83.2 Å². The summed E-state index contributed by atoms with van der Waals surface area (Å²) in [5, 5.41) is 0.684. The summed E-state index contributed by atoms with van der Waals surface area (Å²) in [6.45, 7) is 0. The van der Waals surface area contributed by atoms with Gasteiger partial charge in [-0.3, -0.25) is 0 Å². The second-order valence-corrected chi connectivity index (χ2v) is 5.92. The lowest BCUT2D eigenvalue weighted by molar-refractivity contribution is 0.356. The van der Waals surface area contributed by atoms with E-state index in [0.717, 1.165) is 22.4 Å². The molecular formula is C21H18N4O2. The lowest BCUT2D eigenvalue weighted by atomic mass is 9.98. The van der Waals surface area contributed by atoms with Gasteiger partial charge in [-0.15, -0.1) is 0 Å². The van der Waals surface area contributed by atoms with E-state index >= 15 is 0 Å². The molecule has 0 saturated carbocycles. The fourth-order valence-corrected chi connectivity index (χ4v) is 3.16. The number of hydrogen-bond donors (Lipinski definition) is 1. The van der Waals surface area contributed by atoms with Gasteiger partial charge >= 0.3 is 0 Å². The van der Waals surface area contributed by atoms with E-state index in [1.54, 1.807) is 14.2 Å². The molecule has 0 aliphatic carbocycles. The van der Waals surface area contributed by atoms with Crippen molar-refractivity contribution in [1.82, 2.24) is 15.0 Å². The predicted octanol–water partition coefficient (Wildman–Crippen LogP) is 3.96. The van der Waals surface area contributed by atoms with Gasteiger partial charge in [0.15, 0.2) is 17.1 Å². The van der Waals surface area contributed by atoms with Gasteiger partial charge in [-0.25, -0.2) is 15.0 Å². The van der Waals surface area contributed by atoms with Crippen LogP contribution in [-0.2, 0) is 0 Å². The molecule has 6 heteroatoms. The normalized spacial score (nSPS) is 10.7. The SMILES string of the molecule is COc1cccc(-c2cc(-c3ccccc3)nc3ncnc(N)c23)c1OC. The van der Waals surface area contributed by atoms with Crippen LogP contribution < -0.4 is 15.2 Å². The Bertz CT molecular complexity index is 1110. The Balaban J connectivity index is 2.08. The molecule has 4 rings (SSSR count). The molecule has 0 aliphatic heterocycles. The molecule has 0 unspecified atom stereocenters. The van der Waals surface area contributed by atoms with E-state index in [-0.39, 0.29) is 0 Å². The van der Waals surface area contributed by atoms with Gasteiger partial charge in [0.1, 0.15) is 12.1 Å². The van der Waals surface area contributed by atoms with Crippen molar-refractivity contribution in [2.24, 2.45) is 0 Å². The molecule has 2 aromatic heterocycles. The minimum absolute atomic E-state index is 0.368. The van der Waals surface area contributed by atoms with Crippen LogP contribution >= 0.6 is 0 Å². The maximum absolute atomic E-state index is 6.18. The average Bonchev–Trinajstić information content (AvgIpc) is 2.73. The van der Waals surface area contributed by atoms with Crippen molar-refractivity contribution in [2.75, 3.05) is 20.0 Å². The summed E-state index contributed by atoms with van der Waals surface area (Å²) in [7, 11) is 3.22. The first-order valence-electron chi connectivity index (χ1n) is 8.41. The Labute approximate surface area is 156 Å². The molecule has 134 valence electrons. The number of ether oxygens (including phenoxy) is 2. The monoisotopic (exact) mass is 358 g/mol. The molecule has 0 fully saturated rings. The summed E-state index contributed by atoms with van der Waals surface area (Å²) < 4.78 is 11.1. The zero-order chi connectivity index (χ0) is 18.8. The number of fused-ring (bicyclic) bond motifs is 1. The van der Waals surface area contributed by atoms with E-state index in [9.17, 15) is 0 Å². The lowest BCUT2D eigenvalue weighted by Crippen LogP contribution is -2.00. The molecule has 0 radical (unpaired) electrons. The van der Waals surface area contributed by atoms with Crippen molar-refractivity contribution in [1.29, 1.82) is 0 Å². The van der Waals surface area contributed by atoms with Crippen molar-refractivity contribution in [3.05, 3.63) is 60.9 Å².